The maximum Gasteiger partial charge on any atom is 0.362 e. The summed E-state index contributed by atoms with van der Waals surface area (Å²) in [5, 5.41) is 9.55. The van der Waals surface area contributed by atoms with Gasteiger partial charge in [0.05, 0.1) is 34.4 Å². The highest BCUT2D eigenvalue weighted by Gasteiger charge is 2.31. The molecule has 0 heterocycles. The van der Waals surface area contributed by atoms with Crippen LogP contribution in [0.5, 0.6) is 0 Å². The van der Waals surface area contributed by atoms with E-state index in [1.54, 1.807) is 0 Å². The topological polar surface area (TPSA) is 99.1 Å². The number of esters is 2. The van der Waals surface area contributed by atoms with Crippen LogP contribution in [0.3, 0.4) is 0 Å². The van der Waals surface area contributed by atoms with Crippen LogP contribution in [-0.4, -0.2) is 80.6 Å². The normalized spacial score (nSPS) is 13.2. The van der Waals surface area contributed by atoms with Gasteiger partial charge >= 0.3 is 17.9 Å². The summed E-state index contributed by atoms with van der Waals surface area (Å²) in [6.45, 7) is 4.64. The summed E-state index contributed by atoms with van der Waals surface area (Å²) in [6.07, 6.45) is 25.4. The second-order valence-electron chi connectivity index (χ2n) is 13.1. The minimum absolute atomic E-state index is 0.0500. The van der Waals surface area contributed by atoms with Crippen molar-refractivity contribution in [1.29, 1.82) is 0 Å². The number of carbonyl (C=O) groups is 3. The van der Waals surface area contributed by atoms with Crippen molar-refractivity contribution >= 4 is 17.9 Å². The Kier molecular flexibility index (Phi) is 27.3. The molecule has 44 heavy (non-hydrogen) atoms. The monoisotopic (exact) mass is 626 g/mol. The van der Waals surface area contributed by atoms with Crippen molar-refractivity contribution in [2.75, 3.05) is 41.0 Å². The number of rotatable bonds is 31. The summed E-state index contributed by atoms with van der Waals surface area (Å²) < 4.78 is 17.1. The summed E-state index contributed by atoms with van der Waals surface area (Å²) in [5.41, 5.74) is 0. The van der Waals surface area contributed by atoms with E-state index in [2.05, 4.69) is 26.0 Å². The van der Waals surface area contributed by atoms with Crippen LogP contribution in [0.15, 0.2) is 12.2 Å². The summed E-state index contributed by atoms with van der Waals surface area (Å²) in [4.78, 5) is 36.6. The Balaban J connectivity index is 4.47. The van der Waals surface area contributed by atoms with E-state index in [-0.39, 0.29) is 36.2 Å². The zero-order valence-electron chi connectivity index (χ0n) is 29.1. The third-order valence-corrected chi connectivity index (χ3v) is 7.90. The zero-order chi connectivity index (χ0) is 32.9. The molecule has 0 spiro atoms. The standard InChI is InChI=1S/C36H67NO7/c1-6-8-10-12-14-16-18-20-22-24-26-34(38)43-31-32(30-42-29-28-33(36(40)41)37(3,4)5)44-35(39)27-25-23-21-19-17-15-13-11-9-7-2/h11,13,32-33H,6-10,12,14-31H2,1-5H3/p+1/b13-11-. The van der Waals surface area contributed by atoms with Gasteiger partial charge in [0.1, 0.15) is 6.61 Å². The quantitative estimate of drug-likeness (QED) is 0.0357. The molecule has 1 N–H and O–H groups in total. The molecule has 0 saturated carbocycles. The number of carboxylic acid groups (broad SMARTS) is 1. The minimum Gasteiger partial charge on any atom is -0.477 e. The van der Waals surface area contributed by atoms with Crippen molar-refractivity contribution in [2.45, 2.75) is 161 Å². The van der Waals surface area contributed by atoms with E-state index in [0.29, 0.717) is 19.3 Å². The molecule has 0 aliphatic rings. The van der Waals surface area contributed by atoms with Gasteiger partial charge in [-0.15, -0.1) is 0 Å². The number of quaternary nitrogens is 1. The fraction of sp³-hybridized carbons (Fsp3) is 0.861. The van der Waals surface area contributed by atoms with Crippen molar-refractivity contribution in [3.8, 4) is 0 Å². The van der Waals surface area contributed by atoms with Gasteiger partial charge in [0.15, 0.2) is 12.1 Å². The minimum atomic E-state index is -0.877. The molecule has 0 aromatic rings. The summed E-state index contributed by atoms with van der Waals surface area (Å²) >= 11 is 0. The molecule has 0 rings (SSSR count). The van der Waals surface area contributed by atoms with Gasteiger partial charge in [-0.25, -0.2) is 4.79 Å². The lowest BCUT2D eigenvalue weighted by Crippen LogP contribution is -2.50. The molecule has 8 nitrogen and oxygen atoms in total. The van der Waals surface area contributed by atoms with E-state index in [1.165, 1.54) is 57.8 Å². The Labute approximate surface area is 269 Å². The second kappa shape index (κ2) is 28.5. The molecule has 0 bridgehead atoms. The molecule has 0 aliphatic carbocycles. The van der Waals surface area contributed by atoms with Crippen molar-refractivity contribution in [3.63, 3.8) is 0 Å². The van der Waals surface area contributed by atoms with E-state index in [4.69, 9.17) is 14.2 Å². The van der Waals surface area contributed by atoms with E-state index < -0.39 is 18.1 Å². The molecule has 0 aromatic heterocycles. The van der Waals surface area contributed by atoms with Crippen LogP contribution in [0.4, 0.5) is 0 Å². The van der Waals surface area contributed by atoms with Gasteiger partial charge in [-0.2, -0.15) is 0 Å². The molecule has 8 heteroatoms. The fourth-order valence-corrected chi connectivity index (χ4v) is 5.09. The maximum absolute atomic E-state index is 12.6. The number of allylic oxidation sites excluding steroid dienone is 2. The first kappa shape index (κ1) is 42.1. The molecular weight excluding hydrogens is 558 g/mol. The fourth-order valence-electron chi connectivity index (χ4n) is 5.09. The largest absolute Gasteiger partial charge is 0.477 e. The molecule has 0 saturated heterocycles. The Morgan fingerprint density at radius 1 is 0.659 bits per heavy atom. The Morgan fingerprint density at radius 2 is 1.18 bits per heavy atom. The molecule has 0 radical (unpaired) electrons. The molecule has 2 unspecified atom stereocenters. The third-order valence-electron chi connectivity index (χ3n) is 7.90. The number of unbranched alkanes of at least 4 members (excludes halogenated alkanes) is 15. The number of ether oxygens (including phenoxy) is 3. The van der Waals surface area contributed by atoms with E-state index in [0.717, 1.165) is 57.8 Å². The Bertz CT molecular complexity index is 747. The number of carbonyl (C=O) groups excluding carboxylic acids is 2. The van der Waals surface area contributed by atoms with Gasteiger partial charge in [0.2, 0.25) is 0 Å². The van der Waals surface area contributed by atoms with Gasteiger partial charge in [-0.05, 0) is 32.1 Å². The van der Waals surface area contributed by atoms with E-state index in [1.807, 2.05) is 21.1 Å². The van der Waals surface area contributed by atoms with Crippen molar-refractivity contribution in [3.05, 3.63) is 12.2 Å². The number of hydrogen-bond donors (Lipinski definition) is 1. The highest BCUT2D eigenvalue weighted by atomic mass is 16.6. The predicted molar refractivity (Wildman–Crippen MR) is 179 cm³/mol. The Hall–Kier alpha value is -1.93. The van der Waals surface area contributed by atoms with Gasteiger partial charge in [-0.1, -0.05) is 109 Å². The van der Waals surface area contributed by atoms with Crippen LogP contribution in [0.25, 0.3) is 0 Å². The lowest BCUT2D eigenvalue weighted by atomic mass is 10.1. The smallest absolute Gasteiger partial charge is 0.362 e. The van der Waals surface area contributed by atoms with Gasteiger partial charge in [0, 0.05) is 19.3 Å². The first-order valence-corrected chi connectivity index (χ1v) is 17.7. The van der Waals surface area contributed by atoms with Crippen molar-refractivity contribution < 1.29 is 38.2 Å². The summed E-state index contributed by atoms with van der Waals surface area (Å²) in [5.74, 6) is -1.48. The van der Waals surface area contributed by atoms with Crippen LogP contribution < -0.4 is 0 Å². The summed E-state index contributed by atoms with van der Waals surface area (Å²) in [6, 6.07) is -0.609. The molecule has 0 aliphatic heterocycles. The molecule has 0 amide bonds. The van der Waals surface area contributed by atoms with Gasteiger partial charge < -0.3 is 23.8 Å². The Morgan fingerprint density at radius 3 is 1.73 bits per heavy atom. The zero-order valence-corrected chi connectivity index (χ0v) is 29.1. The van der Waals surface area contributed by atoms with Crippen molar-refractivity contribution in [1.82, 2.24) is 0 Å². The molecule has 2 atom stereocenters. The third kappa shape index (κ3) is 26.5. The molecule has 0 aromatic carbocycles. The van der Waals surface area contributed by atoms with Crippen LogP contribution >= 0.6 is 0 Å². The lowest BCUT2D eigenvalue weighted by Gasteiger charge is -2.31. The first-order valence-electron chi connectivity index (χ1n) is 17.7. The van der Waals surface area contributed by atoms with Crippen LogP contribution in [-0.2, 0) is 28.6 Å². The van der Waals surface area contributed by atoms with Crippen LogP contribution in [0, 0.1) is 0 Å². The molecule has 258 valence electrons. The number of likely N-dealkylation sites (N-methyl/N-ethyl adjacent to an activating group) is 1. The lowest BCUT2D eigenvalue weighted by molar-refractivity contribution is -0.887. The first-order chi connectivity index (χ1) is 21.1. The second-order valence-corrected chi connectivity index (χ2v) is 13.1. The average molecular weight is 627 g/mol. The summed E-state index contributed by atoms with van der Waals surface area (Å²) in [7, 11) is 5.51. The number of hydrogen-bond acceptors (Lipinski definition) is 6. The van der Waals surface area contributed by atoms with E-state index in [9.17, 15) is 19.5 Å². The van der Waals surface area contributed by atoms with E-state index >= 15 is 0 Å². The number of nitrogens with zero attached hydrogens (tertiary/aromatic N) is 1. The molecular formula is C36H68NO7+. The molecule has 0 fully saturated rings. The van der Waals surface area contributed by atoms with Crippen molar-refractivity contribution in [2.24, 2.45) is 0 Å². The number of aliphatic carboxylic acids is 1. The van der Waals surface area contributed by atoms with Gasteiger partial charge in [0.25, 0.3) is 0 Å². The highest BCUT2D eigenvalue weighted by Crippen LogP contribution is 2.13. The average Bonchev–Trinajstić information content (AvgIpc) is 2.96. The highest BCUT2D eigenvalue weighted by molar-refractivity contribution is 5.72. The maximum atomic E-state index is 12.6. The number of carboxylic acids is 1. The van der Waals surface area contributed by atoms with Gasteiger partial charge in [-0.3, -0.25) is 9.59 Å². The SMILES string of the molecule is CCC/C=C\CCCCCCCC(=O)OC(COCCC(C(=O)O)[N+](C)(C)C)COC(=O)CCCCCCCCCCCC. The predicted octanol–water partition coefficient (Wildman–Crippen LogP) is 8.41. The van der Waals surface area contributed by atoms with Crippen LogP contribution in [0.2, 0.25) is 0 Å². The van der Waals surface area contributed by atoms with Crippen LogP contribution in [0.1, 0.15) is 149 Å².